The first-order chi connectivity index (χ1) is 21.6. The number of nitrogens with one attached hydrogen (secondary N) is 1. The van der Waals surface area contributed by atoms with Crippen LogP contribution in [0.4, 0.5) is 37.7 Å². The van der Waals surface area contributed by atoms with Crippen LogP contribution >= 0.6 is 0 Å². The Morgan fingerprint density at radius 1 is 0.870 bits per heavy atom. The van der Waals surface area contributed by atoms with Gasteiger partial charge in [-0.1, -0.05) is 42.5 Å². The average Bonchev–Trinajstić information content (AvgIpc) is 3.37. The van der Waals surface area contributed by atoms with Crippen molar-refractivity contribution < 1.29 is 44.3 Å². The minimum absolute atomic E-state index is 0.0870. The predicted octanol–water partition coefficient (Wildman–Crippen LogP) is 6.32. The molecule has 0 aromatic heterocycles. The van der Waals surface area contributed by atoms with Crippen LogP contribution in [-0.4, -0.2) is 61.7 Å². The summed E-state index contributed by atoms with van der Waals surface area (Å²) < 4.78 is 109. The van der Waals surface area contributed by atoms with Gasteiger partial charge in [-0.2, -0.15) is 26.3 Å². The zero-order valence-corrected chi connectivity index (χ0v) is 25.2. The minimum atomic E-state index is -5.48. The minimum Gasteiger partial charge on any atom is -0.382 e. The van der Waals surface area contributed by atoms with Gasteiger partial charge in [-0.3, -0.25) is 14.5 Å². The Morgan fingerprint density at radius 2 is 1.52 bits per heavy atom. The van der Waals surface area contributed by atoms with Crippen LogP contribution < -0.4 is 10.2 Å². The number of sulfone groups is 1. The van der Waals surface area contributed by atoms with E-state index in [0.717, 1.165) is 17.8 Å². The van der Waals surface area contributed by atoms with Gasteiger partial charge in [-0.05, 0) is 74.1 Å². The van der Waals surface area contributed by atoms with Gasteiger partial charge < -0.3 is 10.2 Å². The van der Waals surface area contributed by atoms with Gasteiger partial charge in [-0.15, -0.1) is 0 Å². The van der Waals surface area contributed by atoms with Gasteiger partial charge in [0.2, 0.25) is 5.91 Å². The van der Waals surface area contributed by atoms with Crippen molar-refractivity contribution in [2.75, 3.05) is 22.5 Å². The van der Waals surface area contributed by atoms with Crippen molar-refractivity contribution in [1.82, 2.24) is 4.90 Å². The lowest BCUT2D eigenvalue weighted by Crippen LogP contribution is -2.54. The van der Waals surface area contributed by atoms with Crippen molar-refractivity contribution in [2.24, 2.45) is 5.92 Å². The molecular weight excluding hydrogens is 636 g/mol. The van der Waals surface area contributed by atoms with Gasteiger partial charge in [0.15, 0.2) is 9.84 Å². The molecule has 3 aromatic carbocycles. The molecule has 46 heavy (non-hydrogen) atoms. The molecule has 1 saturated heterocycles. The molecule has 1 aliphatic heterocycles. The number of carbonyl (C=O) groups excluding carboxylic acids is 2. The van der Waals surface area contributed by atoms with Crippen LogP contribution in [0.15, 0.2) is 89.8 Å². The number of carbonyl (C=O) groups is 2. The van der Waals surface area contributed by atoms with E-state index in [1.54, 1.807) is 18.2 Å². The number of rotatable bonds is 8. The van der Waals surface area contributed by atoms with E-state index in [9.17, 15) is 44.3 Å². The summed E-state index contributed by atoms with van der Waals surface area (Å²) in [7, 11) is -3.85. The molecule has 0 bridgehead atoms. The largest absolute Gasteiger partial charge is 0.471 e. The second-order valence-corrected chi connectivity index (χ2v) is 13.5. The van der Waals surface area contributed by atoms with Crippen molar-refractivity contribution in [1.29, 1.82) is 0 Å². The smallest absolute Gasteiger partial charge is 0.382 e. The molecule has 3 aromatic rings. The fraction of sp³-hybridized carbons (Fsp3) is 0.375. The molecule has 2 amide bonds. The van der Waals surface area contributed by atoms with E-state index in [0.29, 0.717) is 31.4 Å². The third-order valence-electron chi connectivity index (χ3n) is 8.46. The van der Waals surface area contributed by atoms with Gasteiger partial charge in [-0.25, -0.2) is 8.42 Å². The first-order valence-corrected chi connectivity index (χ1v) is 16.3. The SMILES string of the molecule is O=C1[C@@H](N(C(=O)C(F)(F)F)c2cccc(C(F)(F)F)c2)CCN1[C@H]1CC[C@@H](Nc2ccccc2)C[C@@H]1CS(=O)(=O)c1ccccc1. The van der Waals surface area contributed by atoms with Crippen molar-refractivity contribution in [3.8, 4) is 0 Å². The fourth-order valence-corrected chi connectivity index (χ4v) is 8.09. The molecule has 1 saturated carbocycles. The lowest BCUT2D eigenvalue weighted by molar-refractivity contribution is -0.171. The monoisotopic (exact) mass is 667 g/mol. The van der Waals surface area contributed by atoms with E-state index in [1.165, 1.54) is 17.0 Å². The van der Waals surface area contributed by atoms with Gasteiger partial charge in [0, 0.05) is 30.0 Å². The highest BCUT2D eigenvalue weighted by atomic mass is 32.2. The van der Waals surface area contributed by atoms with E-state index in [-0.39, 0.29) is 34.6 Å². The highest BCUT2D eigenvalue weighted by Gasteiger charge is 2.51. The molecule has 1 N–H and O–H groups in total. The summed E-state index contributed by atoms with van der Waals surface area (Å²) in [5, 5.41) is 3.39. The Balaban J connectivity index is 1.45. The number of hydrogen-bond donors (Lipinski definition) is 1. The van der Waals surface area contributed by atoms with E-state index in [1.807, 2.05) is 30.3 Å². The Kier molecular flexibility index (Phi) is 9.39. The summed E-state index contributed by atoms with van der Waals surface area (Å²) in [6.45, 7) is -0.104. The van der Waals surface area contributed by atoms with E-state index in [4.69, 9.17) is 0 Å². The van der Waals surface area contributed by atoms with Gasteiger partial charge >= 0.3 is 18.3 Å². The number of hydrogen-bond acceptors (Lipinski definition) is 5. The zero-order chi connectivity index (χ0) is 33.3. The standard InChI is InChI=1S/C32H31F6N3O4S/c33-31(34,35)22-8-7-11-25(19-22)41(30(43)32(36,37)38)28-16-17-40(29(28)42)27-15-14-24(39-23-9-3-1-4-10-23)18-21(27)20-46(44,45)26-12-5-2-6-13-26/h1-13,19,21,24,27-28,39H,14-18,20H2/t21-,24-,27+,28+/m1/s1. The summed E-state index contributed by atoms with van der Waals surface area (Å²) in [5.74, 6) is -4.33. The number of nitrogens with zero attached hydrogens (tertiary/aromatic N) is 2. The van der Waals surface area contributed by atoms with Crippen molar-refractivity contribution in [3.05, 3.63) is 90.5 Å². The molecule has 14 heteroatoms. The van der Waals surface area contributed by atoms with Crippen molar-refractivity contribution in [2.45, 2.75) is 61.1 Å². The van der Waals surface area contributed by atoms with Crippen LogP contribution in [0, 0.1) is 5.92 Å². The second-order valence-electron chi connectivity index (χ2n) is 11.5. The summed E-state index contributed by atoms with van der Waals surface area (Å²) >= 11 is 0. The van der Waals surface area contributed by atoms with Gasteiger partial charge in [0.1, 0.15) is 6.04 Å². The number of para-hydroxylation sites is 1. The Bertz CT molecular complexity index is 1650. The fourth-order valence-electron chi connectivity index (χ4n) is 6.41. The molecule has 2 aliphatic rings. The van der Waals surface area contributed by atoms with Crippen LogP contribution in [-0.2, 0) is 25.6 Å². The summed E-state index contributed by atoms with van der Waals surface area (Å²) in [6.07, 6.45) is -9.52. The van der Waals surface area contributed by atoms with Crippen molar-refractivity contribution in [3.63, 3.8) is 0 Å². The maximum Gasteiger partial charge on any atom is 0.471 e. The molecule has 1 aliphatic carbocycles. The lowest BCUT2D eigenvalue weighted by atomic mass is 9.81. The third kappa shape index (κ3) is 7.32. The van der Waals surface area contributed by atoms with Crippen LogP contribution in [0.5, 0.6) is 0 Å². The molecule has 4 atom stereocenters. The summed E-state index contributed by atoms with van der Waals surface area (Å²) in [6, 6.07) is 17.3. The number of alkyl halides is 6. The zero-order valence-electron chi connectivity index (χ0n) is 24.3. The Hall–Kier alpha value is -4.07. The average molecular weight is 668 g/mol. The van der Waals surface area contributed by atoms with E-state index < -0.39 is 63.3 Å². The summed E-state index contributed by atoms with van der Waals surface area (Å²) in [4.78, 5) is 28.0. The van der Waals surface area contributed by atoms with Crippen molar-refractivity contribution >= 4 is 33.0 Å². The lowest BCUT2D eigenvalue weighted by Gasteiger charge is -2.41. The van der Waals surface area contributed by atoms with E-state index >= 15 is 0 Å². The molecule has 0 radical (unpaired) electrons. The highest BCUT2D eigenvalue weighted by Crippen LogP contribution is 2.39. The maximum atomic E-state index is 13.9. The van der Waals surface area contributed by atoms with Crippen LogP contribution in [0.2, 0.25) is 0 Å². The molecule has 246 valence electrons. The van der Waals surface area contributed by atoms with Gasteiger partial charge in [0.05, 0.1) is 16.2 Å². The molecule has 1 heterocycles. The Morgan fingerprint density at radius 3 is 2.15 bits per heavy atom. The number of likely N-dealkylation sites (tertiary alicyclic amines) is 1. The predicted molar refractivity (Wildman–Crippen MR) is 159 cm³/mol. The second kappa shape index (κ2) is 13.0. The van der Waals surface area contributed by atoms with Crippen LogP contribution in [0.1, 0.15) is 31.2 Å². The normalized spacial score (nSPS) is 22.5. The number of anilines is 2. The number of benzene rings is 3. The summed E-state index contributed by atoms with van der Waals surface area (Å²) in [5.41, 5.74) is -1.17. The van der Waals surface area contributed by atoms with E-state index in [2.05, 4.69) is 5.32 Å². The van der Waals surface area contributed by atoms with Crippen LogP contribution in [0.3, 0.4) is 0 Å². The topological polar surface area (TPSA) is 86.8 Å². The highest BCUT2D eigenvalue weighted by molar-refractivity contribution is 7.91. The first kappa shape index (κ1) is 33.3. The quantitative estimate of drug-likeness (QED) is 0.284. The van der Waals surface area contributed by atoms with Gasteiger partial charge in [0.25, 0.3) is 0 Å². The molecule has 0 spiro atoms. The molecular formula is C32H31F6N3O4S. The Labute approximate surface area is 262 Å². The van der Waals surface area contributed by atoms with Crippen LogP contribution in [0.25, 0.3) is 0 Å². The molecule has 0 unspecified atom stereocenters. The molecule has 7 nitrogen and oxygen atoms in total. The number of amides is 2. The maximum absolute atomic E-state index is 13.9. The number of halogens is 6. The molecule has 5 rings (SSSR count). The third-order valence-corrected chi connectivity index (χ3v) is 10.3. The molecule has 2 fully saturated rings. The first-order valence-electron chi connectivity index (χ1n) is 14.6.